The summed E-state index contributed by atoms with van der Waals surface area (Å²) >= 11 is 3.41. The van der Waals surface area contributed by atoms with Gasteiger partial charge in [-0.1, -0.05) is 28.1 Å². The number of nitrogens with one attached hydrogen (secondary N) is 1. The molecule has 86 valence electrons. The summed E-state index contributed by atoms with van der Waals surface area (Å²) in [4.78, 5) is 3.95. The molecule has 1 aromatic heterocycles. The van der Waals surface area contributed by atoms with E-state index in [0.717, 1.165) is 21.4 Å². The first kappa shape index (κ1) is 11.8. The zero-order valence-electron chi connectivity index (χ0n) is 9.39. The van der Waals surface area contributed by atoms with Crippen LogP contribution in [0.4, 0.5) is 5.69 Å². The topological polar surface area (TPSA) is 37.3 Å². The molecule has 0 bridgehead atoms. The summed E-state index contributed by atoms with van der Waals surface area (Å²) in [6, 6.07) is 11.8. The molecular formula is C13H12BrN3. The molecular weight excluding hydrogens is 278 g/mol. The van der Waals surface area contributed by atoms with Crippen LogP contribution >= 0.6 is 15.9 Å². The molecule has 0 amide bonds. The van der Waals surface area contributed by atoms with Gasteiger partial charge in [0.2, 0.25) is 0 Å². The van der Waals surface area contributed by atoms with Crippen LogP contribution in [0.1, 0.15) is 12.5 Å². The molecule has 17 heavy (non-hydrogen) atoms. The van der Waals surface area contributed by atoms with Crippen molar-refractivity contribution in [3.05, 3.63) is 58.8 Å². The average Bonchev–Trinajstić information content (AvgIpc) is 2.38. The van der Waals surface area contributed by atoms with Gasteiger partial charge in [-0.2, -0.15) is 5.10 Å². The van der Waals surface area contributed by atoms with Gasteiger partial charge in [-0.15, -0.1) is 0 Å². The Hall–Kier alpha value is -1.68. The smallest absolute Gasteiger partial charge is 0.0648 e. The van der Waals surface area contributed by atoms with Crippen molar-refractivity contribution in [2.24, 2.45) is 5.10 Å². The van der Waals surface area contributed by atoms with Gasteiger partial charge in [0.15, 0.2) is 0 Å². The maximum atomic E-state index is 4.32. The lowest BCUT2D eigenvalue weighted by atomic mass is 10.1. The number of pyridine rings is 1. The van der Waals surface area contributed by atoms with Gasteiger partial charge in [-0.05, 0) is 36.8 Å². The van der Waals surface area contributed by atoms with Gasteiger partial charge in [0, 0.05) is 16.9 Å². The Balaban J connectivity index is 2.10. The lowest BCUT2D eigenvalue weighted by Crippen LogP contribution is -1.99. The molecule has 0 saturated carbocycles. The first-order valence-corrected chi connectivity index (χ1v) is 6.01. The number of benzene rings is 1. The van der Waals surface area contributed by atoms with Crippen molar-refractivity contribution in [1.82, 2.24) is 4.98 Å². The second-order valence-corrected chi connectivity index (χ2v) is 4.47. The van der Waals surface area contributed by atoms with Crippen LogP contribution in [0, 0.1) is 0 Å². The van der Waals surface area contributed by atoms with E-state index in [4.69, 9.17) is 0 Å². The molecule has 0 atom stereocenters. The van der Waals surface area contributed by atoms with E-state index < -0.39 is 0 Å². The lowest BCUT2D eigenvalue weighted by molar-refractivity contribution is 1.27. The maximum absolute atomic E-state index is 4.32. The zero-order chi connectivity index (χ0) is 12.1. The highest BCUT2D eigenvalue weighted by molar-refractivity contribution is 9.10. The van der Waals surface area contributed by atoms with Crippen LogP contribution < -0.4 is 5.43 Å². The summed E-state index contributed by atoms with van der Waals surface area (Å²) in [6.45, 7) is 1.97. The molecule has 1 N–H and O–H groups in total. The Kier molecular flexibility index (Phi) is 3.88. The molecule has 2 aromatic rings. The minimum Gasteiger partial charge on any atom is -0.278 e. The van der Waals surface area contributed by atoms with E-state index in [9.17, 15) is 0 Å². The summed E-state index contributed by atoms with van der Waals surface area (Å²) in [5.41, 5.74) is 5.95. The van der Waals surface area contributed by atoms with Crippen LogP contribution in [-0.2, 0) is 0 Å². The predicted molar refractivity (Wildman–Crippen MR) is 74.2 cm³/mol. The van der Waals surface area contributed by atoms with Crippen LogP contribution in [0.5, 0.6) is 0 Å². The third kappa shape index (κ3) is 3.39. The van der Waals surface area contributed by atoms with Crippen molar-refractivity contribution in [3.63, 3.8) is 0 Å². The van der Waals surface area contributed by atoms with E-state index in [1.165, 1.54) is 0 Å². The highest BCUT2D eigenvalue weighted by Gasteiger charge is 1.96. The second-order valence-electron chi connectivity index (χ2n) is 3.55. The summed E-state index contributed by atoms with van der Waals surface area (Å²) in [5.74, 6) is 0. The van der Waals surface area contributed by atoms with Crippen LogP contribution in [0.25, 0.3) is 0 Å². The molecule has 0 fully saturated rings. The van der Waals surface area contributed by atoms with Crippen LogP contribution in [0.3, 0.4) is 0 Å². The van der Waals surface area contributed by atoms with Gasteiger partial charge >= 0.3 is 0 Å². The minimum absolute atomic E-state index is 0.927. The van der Waals surface area contributed by atoms with Gasteiger partial charge < -0.3 is 0 Å². The number of nitrogens with zero attached hydrogens (tertiary/aromatic N) is 2. The van der Waals surface area contributed by atoms with E-state index in [0.29, 0.717) is 0 Å². The fraction of sp³-hybridized carbons (Fsp3) is 0.0769. The van der Waals surface area contributed by atoms with E-state index in [1.54, 1.807) is 12.4 Å². The van der Waals surface area contributed by atoms with Crippen molar-refractivity contribution < 1.29 is 0 Å². The number of rotatable bonds is 3. The van der Waals surface area contributed by atoms with Gasteiger partial charge in [0.25, 0.3) is 0 Å². The third-order valence-corrected chi connectivity index (χ3v) is 2.82. The number of anilines is 1. The summed E-state index contributed by atoms with van der Waals surface area (Å²) in [5, 5.41) is 4.32. The number of halogens is 1. The van der Waals surface area contributed by atoms with Crippen LogP contribution in [0.2, 0.25) is 0 Å². The molecule has 0 spiro atoms. The maximum Gasteiger partial charge on any atom is 0.0648 e. The summed E-state index contributed by atoms with van der Waals surface area (Å²) < 4.78 is 1.07. The minimum atomic E-state index is 0.927. The van der Waals surface area contributed by atoms with E-state index in [1.807, 2.05) is 43.3 Å². The molecule has 0 aliphatic rings. The largest absolute Gasteiger partial charge is 0.278 e. The quantitative estimate of drug-likeness (QED) is 0.691. The SMILES string of the molecule is CC(=NNc1ccncc1)c1ccc(Br)cc1. The predicted octanol–water partition coefficient (Wildman–Crippen LogP) is 3.68. The average molecular weight is 290 g/mol. The second kappa shape index (κ2) is 5.59. The molecule has 3 nitrogen and oxygen atoms in total. The van der Waals surface area contributed by atoms with Gasteiger partial charge in [0.05, 0.1) is 11.4 Å². The van der Waals surface area contributed by atoms with Crippen LogP contribution in [-0.4, -0.2) is 10.7 Å². The molecule has 0 saturated heterocycles. The standard InChI is InChI=1S/C13H12BrN3/c1-10(11-2-4-12(14)5-3-11)16-17-13-6-8-15-9-7-13/h2-9H,1H3,(H,15,17). The Morgan fingerprint density at radius 3 is 2.41 bits per heavy atom. The molecule has 2 rings (SSSR count). The van der Waals surface area contributed by atoms with Gasteiger partial charge in [-0.25, -0.2) is 0 Å². The van der Waals surface area contributed by atoms with Crippen molar-refractivity contribution >= 4 is 27.3 Å². The Labute approximate surface area is 109 Å². The Bertz CT molecular complexity index is 506. The van der Waals surface area contributed by atoms with Crippen LogP contribution in [0.15, 0.2) is 58.4 Å². The molecule has 1 heterocycles. The van der Waals surface area contributed by atoms with Crippen molar-refractivity contribution in [2.45, 2.75) is 6.92 Å². The van der Waals surface area contributed by atoms with Gasteiger partial charge in [0.1, 0.15) is 0 Å². The van der Waals surface area contributed by atoms with E-state index >= 15 is 0 Å². The fourth-order valence-corrected chi connectivity index (χ4v) is 1.59. The van der Waals surface area contributed by atoms with Crippen molar-refractivity contribution in [1.29, 1.82) is 0 Å². The third-order valence-electron chi connectivity index (χ3n) is 2.30. The summed E-state index contributed by atoms with van der Waals surface area (Å²) in [7, 11) is 0. The number of hydrogen-bond donors (Lipinski definition) is 1. The first-order valence-electron chi connectivity index (χ1n) is 5.22. The zero-order valence-corrected chi connectivity index (χ0v) is 11.0. The molecule has 4 heteroatoms. The molecule has 0 aliphatic carbocycles. The normalized spacial score (nSPS) is 11.3. The molecule has 0 unspecified atom stereocenters. The number of hydrazone groups is 1. The monoisotopic (exact) mass is 289 g/mol. The number of aromatic nitrogens is 1. The highest BCUT2D eigenvalue weighted by Crippen LogP contribution is 2.11. The van der Waals surface area contributed by atoms with Crippen molar-refractivity contribution in [3.8, 4) is 0 Å². The summed E-state index contributed by atoms with van der Waals surface area (Å²) in [6.07, 6.45) is 3.46. The van der Waals surface area contributed by atoms with Gasteiger partial charge in [-0.3, -0.25) is 10.4 Å². The molecule has 1 aromatic carbocycles. The Morgan fingerprint density at radius 1 is 1.12 bits per heavy atom. The van der Waals surface area contributed by atoms with E-state index in [-0.39, 0.29) is 0 Å². The molecule has 0 radical (unpaired) electrons. The molecule has 0 aliphatic heterocycles. The lowest BCUT2D eigenvalue weighted by Gasteiger charge is -2.03. The van der Waals surface area contributed by atoms with Crippen molar-refractivity contribution in [2.75, 3.05) is 5.43 Å². The number of hydrogen-bond acceptors (Lipinski definition) is 3. The first-order chi connectivity index (χ1) is 8.25. The Morgan fingerprint density at radius 2 is 1.76 bits per heavy atom. The fourth-order valence-electron chi connectivity index (χ4n) is 1.33. The highest BCUT2D eigenvalue weighted by atomic mass is 79.9. The van der Waals surface area contributed by atoms with E-state index in [2.05, 4.69) is 31.4 Å².